The maximum absolute atomic E-state index is 13.8. The van der Waals surface area contributed by atoms with Crippen molar-refractivity contribution in [2.75, 3.05) is 20.0 Å². The van der Waals surface area contributed by atoms with Crippen LogP contribution in [0.1, 0.15) is 39.1 Å². The molecule has 2 aromatic heterocycles. The van der Waals surface area contributed by atoms with Gasteiger partial charge in [-0.1, -0.05) is 36.0 Å². The number of nitro benzene ring substituents is 1. The van der Waals surface area contributed by atoms with Crippen molar-refractivity contribution in [2.45, 2.75) is 24.2 Å². The molecule has 0 aliphatic carbocycles. The van der Waals surface area contributed by atoms with Gasteiger partial charge < -0.3 is 14.8 Å². The van der Waals surface area contributed by atoms with Gasteiger partial charge in [0.1, 0.15) is 11.5 Å². The lowest BCUT2D eigenvalue weighted by Crippen LogP contribution is -2.28. The van der Waals surface area contributed by atoms with Gasteiger partial charge in [-0.25, -0.2) is 5.01 Å². The van der Waals surface area contributed by atoms with Crippen molar-refractivity contribution in [3.8, 4) is 17.2 Å². The van der Waals surface area contributed by atoms with Crippen molar-refractivity contribution < 1.29 is 24.0 Å². The standard InChI is InChI=1S/C33H29N7O6S2/c1-45-25-14-8-21(9-15-25)28-18-27(29-7-4-16-47-29)37-39(28)31(41)20-48-33-36-35-30(38(33)23-10-12-24(13-11-23)40(43)44)19-34-32(42)22-5-3-6-26(17-22)46-2/h3-17,28H,18-20H2,1-2H3,(H,34,42). The van der Waals surface area contributed by atoms with Gasteiger partial charge in [0.05, 0.1) is 48.1 Å². The summed E-state index contributed by atoms with van der Waals surface area (Å²) in [6.45, 7) is -0.00528. The molecule has 13 nitrogen and oxygen atoms in total. The van der Waals surface area contributed by atoms with Gasteiger partial charge in [-0.15, -0.1) is 21.5 Å². The lowest BCUT2D eigenvalue weighted by Gasteiger charge is -2.22. The topological polar surface area (TPSA) is 154 Å². The molecule has 1 aliphatic rings. The smallest absolute Gasteiger partial charge is 0.269 e. The van der Waals surface area contributed by atoms with Gasteiger partial charge in [0.15, 0.2) is 11.0 Å². The molecular weight excluding hydrogens is 655 g/mol. The summed E-state index contributed by atoms with van der Waals surface area (Å²) in [5, 5.41) is 31.4. The molecule has 1 N–H and O–H groups in total. The number of methoxy groups -OCH3 is 2. The number of aromatic nitrogens is 3. The number of amides is 2. The van der Waals surface area contributed by atoms with Crippen molar-refractivity contribution in [1.82, 2.24) is 25.1 Å². The molecule has 48 heavy (non-hydrogen) atoms. The minimum absolute atomic E-state index is 0.00528. The molecule has 1 atom stereocenters. The SMILES string of the molecule is COc1ccc(C2CC(c3cccs3)=NN2C(=O)CSc2nnc(CNC(=O)c3cccc(OC)c3)n2-c2ccc([N+](=O)[O-])cc2)cc1. The molecule has 1 aliphatic heterocycles. The number of carbonyl (C=O) groups excluding carboxylic acids is 2. The Morgan fingerprint density at radius 1 is 1.00 bits per heavy atom. The summed E-state index contributed by atoms with van der Waals surface area (Å²) in [4.78, 5) is 38.6. The minimum Gasteiger partial charge on any atom is -0.497 e. The van der Waals surface area contributed by atoms with Crippen LogP contribution in [0.15, 0.2) is 101 Å². The second-order valence-corrected chi connectivity index (χ2v) is 12.4. The van der Waals surface area contributed by atoms with E-state index >= 15 is 0 Å². The Balaban J connectivity index is 1.25. The molecule has 15 heteroatoms. The summed E-state index contributed by atoms with van der Waals surface area (Å²) in [7, 11) is 3.12. The number of nitrogens with zero attached hydrogens (tertiary/aromatic N) is 6. The summed E-state index contributed by atoms with van der Waals surface area (Å²) >= 11 is 2.72. The van der Waals surface area contributed by atoms with E-state index in [2.05, 4.69) is 15.5 Å². The van der Waals surface area contributed by atoms with E-state index in [1.807, 2.05) is 41.8 Å². The van der Waals surface area contributed by atoms with Crippen molar-refractivity contribution in [1.29, 1.82) is 0 Å². The first-order valence-corrected chi connectivity index (χ1v) is 16.5. The highest BCUT2D eigenvalue weighted by Gasteiger charge is 2.34. The van der Waals surface area contributed by atoms with Gasteiger partial charge in [0.2, 0.25) is 0 Å². The number of thiophene rings is 1. The molecule has 1 unspecified atom stereocenters. The number of nitrogens with one attached hydrogen (secondary N) is 1. The number of benzene rings is 3. The zero-order valence-corrected chi connectivity index (χ0v) is 27.4. The van der Waals surface area contributed by atoms with E-state index in [0.717, 1.165) is 27.9 Å². The molecular formula is C33H29N7O6S2. The lowest BCUT2D eigenvalue weighted by molar-refractivity contribution is -0.384. The highest BCUT2D eigenvalue weighted by Crippen LogP contribution is 2.35. The van der Waals surface area contributed by atoms with Gasteiger partial charge in [0, 0.05) is 29.8 Å². The van der Waals surface area contributed by atoms with Crippen LogP contribution < -0.4 is 14.8 Å². The van der Waals surface area contributed by atoms with Crippen LogP contribution >= 0.6 is 23.1 Å². The van der Waals surface area contributed by atoms with Crippen LogP contribution in [0.4, 0.5) is 5.69 Å². The van der Waals surface area contributed by atoms with Crippen molar-refractivity contribution in [2.24, 2.45) is 5.10 Å². The summed E-state index contributed by atoms with van der Waals surface area (Å²) in [5.41, 5.74) is 2.60. The molecule has 244 valence electrons. The zero-order chi connectivity index (χ0) is 33.6. The predicted molar refractivity (Wildman–Crippen MR) is 181 cm³/mol. The fraction of sp³-hybridized carbons (Fsp3) is 0.182. The van der Waals surface area contributed by atoms with Crippen LogP contribution in [0.3, 0.4) is 0 Å². The van der Waals surface area contributed by atoms with Gasteiger partial charge in [-0.2, -0.15) is 5.10 Å². The highest BCUT2D eigenvalue weighted by molar-refractivity contribution is 7.99. The molecule has 2 amide bonds. The van der Waals surface area contributed by atoms with E-state index in [1.54, 1.807) is 59.4 Å². The molecule has 0 fully saturated rings. The van der Waals surface area contributed by atoms with E-state index in [1.165, 1.54) is 24.3 Å². The van der Waals surface area contributed by atoms with E-state index in [0.29, 0.717) is 40.2 Å². The third kappa shape index (κ3) is 7.06. The van der Waals surface area contributed by atoms with E-state index in [4.69, 9.17) is 14.6 Å². The first kappa shape index (κ1) is 32.4. The van der Waals surface area contributed by atoms with Crippen LogP contribution in [0.25, 0.3) is 5.69 Å². The third-order valence-corrected chi connectivity index (χ3v) is 9.39. The van der Waals surface area contributed by atoms with Gasteiger partial charge in [0.25, 0.3) is 17.5 Å². The monoisotopic (exact) mass is 683 g/mol. The minimum atomic E-state index is -0.486. The Hall–Kier alpha value is -5.54. The molecule has 3 aromatic carbocycles. The summed E-state index contributed by atoms with van der Waals surface area (Å²) < 4.78 is 12.2. The predicted octanol–water partition coefficient (Wildman–Crippen LogP) is 5.65. The average molecular weight is 684 g/mol. The fourth-order valence-electron chi connectivity index (χ4n) is 5.13. The molecule has 0 radical (unpaired) electrons. The molecule has 3 heterocycles. The average Bonchev–Trinajstić information content (AvgIpc) is 3.90. The number of hydrogen-bond donors (Lipinski definition) is 1. The summed E-state index contributed by atoms with van der Waals surface area (Å²) in [5.74, 6) is 1.01. The maximum atomic E-state index is 13.8. The van der Waals surface area contributed by atoms with Gasteiger partial charge in [-0.05, 0) is 59.5 Å². The Bertz CT molecular complexity index is 1960. The van der Waals surface area contributed by atoms with Crippen molar-refractivity contribution in [3.05, 3.63) is 122 Å². The summed E-state index contributed by atoms with van der Waals surface area (Å²) in [6, 6.07) is 23.8. The molecule has 6 rings (SSSR count). The third-order valence-electron chi connectivity index (χ3n) is 7.55. The number of thioether (sulfide) groups is 1. The lowest BCUT2D eigenvalue weighted by atomic mass is 10.0. The first-order chi connectivity index (χ1) is 23.3. The molecule has 0 spiro atoms. The van der Waals surface area contributed by atoms with E-state index in [9.17, 15) is 19.7 Å². The Morgan fingerprint density at radius 2 is 1.77 bits per heavy atom. The number of rotatable bonds is 12. The normalized spacial score (nSPS) is 14.0. The second kappa shape index (κ2) is 14.5. The molecule has 0 saturated heterocycles. The van der Waals surface area contributed by atoms with Crippen molar-refractivity contribution >= 4 is 46.3 Å². The van der Waals surface area contributed by atoms with Gasteiger partial charge in [-0.3, -0.25) is 24.3 Å². The first-order valence-electron chi connectivity index (χ1n) is 14.7. The highest BCUT2D eigenvalue weighted by atomic mass is 32.2. The van der Waals surface area contributed by atoms with Crippen LogP contribution in [-0.4, -0.2) is 62.2 Å². The summed E-state index contributed by atoms with van der Waals surface area (Å²) in [6.07, 6.45) is 0.555. The molecule has 5 aromatic rings. The molecule has 0 bridgehead atoms. The Morgan fingerprint density at radius 3 is 2.46 bits per heavy atom. The number of hydrazone groups is 1. The quantitative estimate of drug-likeness (QED) is 0.0998. The molecule has 0 saturated carbocycles. The van der Waals surface area contributed by atoms with Crippen molar-refractivity contribution in [3.63, 3.8) is 0 Å². The number of hydrogen-bond acceptors (Lipinski definition) is 11. The largest absolute Gasteiger partial charge is 0.497 e. The number of nitro groups is 1. The fourth-order valence-corrected chi connectivity index (χ4v) is 6.67. The number of carbonyl (C=O) groups is 2. The number of non-ortho nitro benzene ring substituents is 1. The van der Waals surface area contributed by atoms with E-state index < -0.39 is 4.92 Å². The van der Waals surface area contributed by atoms with Crippen LogP contribution in [-0.2, 0) is 11.3 Å². The van der Waals surface area contributed by atoms with Crippen LogP contribution in [0.5, 0.6) is 11.5 Å². The Labute approximate surface area is 283 Å². The second-order valence-electron chi connectivity index (χ2n) is 10.5. The van der Waals surface area contributed by atoms with E-state index in [-0.39, 0.29) is 35.8 Å². The number of ether oxygens (including phenoxy) is 2. The van der Waals surface area contributed by atoms with Crippen LogP contribution in [0.2, 0.25) is 0 Å². The maximum Gasteiger partial charge on any atom is 0.269 e. The van der Waals surface area contributed by atoms with Crippen LogP contribution in [0, 0.1) is 10.1 Å². The van der Waals surface area contributed by atoms with Gasteiger partial charge >= 0.3 is 0 Å². The zero-order valence-electron chi connectivity index (χ0n) is 25.8. The Kier molecular flexibility index (Phi) is 9.78.